The van der Waals surface area contributed by atoms with Crippen molar-refractivity contribution in [1.82, 2.24) is 0 Å². The van der Waals surface area contributed by atoms with Crippen LogP contribution in [0.25, 0.3) is 0 Å². The van der Waals surface area contributed by atoms with E-state index in [-0.39, 0.29) is 32.8 Å². The molecule has 0 fully saturated rings. The van der Waals surface area contributed by atoms with Gasteiger partial charge in [0, 0.05) is 23.9 Å². The molecule has 218 valence electrons. The molecule has 1 N–H and O–H groups in total. The molecule has 40 heavy (non-hydrogen) atoms. The van der Waals surface area contributed by atoms with Crippen LogP contribution < -0.4 is 9.64 Å². The van der Waals surface area contributed by atoms with Gasteiger partial charge in [-0.25, -0.2) is 0 Å². The first-order valence-electron chi connectivity index (χ1n) is 11.0. The van der Waals surface area contributed by atoms with E-state index in [0.717, 1.165) is 17.0 Å². The summed E-state index contributed by atoms with van der Waals surface area (Å²) < 4.78 is 139. The average Bonchev–Trinajstić information content (AvgIpc) is 2.85. The molecule has 0 aromatic heterocycles. The van der Waals surface area contributed by atoms with Crippen LogP contribution in [0.3, 0.4) is 0 Å². The summed E-state index contributed by atoms with van der Waals surface area (Å²) in [5.74, 6) is -12.0. The van der Waals surface area contributed by atoms with Gasteiger partial charge in [-0.15, -0.1) is 0 Å². The van der Waals surface area contributed by atoms with Gasteiger partial charge in [-0.3, -0.25) is 0 Å². The summed E-state index contributed by atoms with van der Waals surface area (Å²) in [7, 11) is 0. The first kappa shape index (κ1) is 31.6. The van der Waals surface area contributed by atoms with Gasteiger partial charge in [0.1, 0.15) is 16.5 Å². The highest BCUT2D eigenvalue weighted by atomic mass is 35.5. The highest BCUT2D eigenvalue weighted by Gasteiger charge is 2.73. The van der Waals surface area contributed by atoms with Crippen molar-refractivity contribution in [3.05, 3.63) is 87.9 Å². The summed E-state index contributed by atoms with van der Waals surface area (Å²) in [5, 5.41) is 9.83. The third-order valence-corrected chi connectivity index (χ3v) is 6.31. The number of halogens is 12. The molecular weight excluding hydrogens is 607 g/mol. The van der Waals surface area contributed by atoms with Crippen molar-refractivity contribution in [2.45, 2.75) is 36.8 Å². The zero-order chi connectivity index (χ0) is 30.1. The molecule has 3 rings (SSSR count). The number of aliphatic hydroxyl groups excluding tert-OH is 1. The van der Waals surface area contributed by atoms with Gasteiger partial charge in [0.05, 0.1) is 11.6 Å². The van der Waals surface area contributed by atoms with E-state index in [9.17, 15) is 49.0 Å². The number of benzene rings is 3. The standard InChI is InChI=1S/C25H17Cl2F10NO2/c26-18-8-3-9-19(21(18)27)40-17-7-2-6-16(11-17)38(13-20(39)23(30,31)32)12-14-4-1-5-15(10-14)22(28,29)24(33,34)25(35,36)37/h1-11,20,39H,12-13H2. The average molecular weight is 624 g/mol. The van der Waals surface area contributed by atoms with Crippen molar-refractivity contribution in [3.63, 3.8) is 0 Å². The molecule has 0 amide bonds. The number of nitrogens with zero attached hydrogens (tertiary/aromatic N) is 1. The molecule has 0 bridgehead atoms. The maximum absolute atomic E-state index is 14.2. The van der Waals surface area contributed by atoms with Crippen LogP contribution in [0.15, 0.2) is 66.7 Å². The van der Waals surface area contributed by atoms with Crippen LogP contribution in [-0.4, -0.2) is 36.0 Å². The summed E-state index contributed by atoms with van der Waals surface area (Å²) in [6.07, 6.45) is -14.6. The number of hydrogen-bond acceptors (Lipinski definition) is 3. The summed E-state index contributed by atoms with van der Waals surface area (Å²) in [6.45, 7) is -1.87. The molecule has 1 unspecified atom stereocenters. The monoisotopic (exact) mass is 623 g/mol. The third kappa shape index (κ3) is 6.87. The second-order valence-electron chi connectivity index (χ2n) is 8.44. The Hall–Kier alpha value is -2.90. The fourth-order valence-electron chi connectivity index (χ4n) is 3.45. The van der Waals surface area contributed by atoms with Crippen LogP contribution in [0.4, 0.5) is 49.6 Å². The van der Waals surface area contributed by atoms with E-state index in [0.29, 0.717) is 12.1 Å². The number of rotatable bonds is 9. The van der Waals surface area contributed by atoms with E-state index in [2.05, 4.69) is 0 Å². The van der Waals surface area contributed by atoms with Crippen LogP contribution in [-0.2, 0) is 12.5 Å². The normalized spacial score (nSPS) is 13.7. The molecule has 0 aliphatic carbocycles. The van der Waals surface area contributed by atoms with E-state index < -0.39 is 49.0 Å². The molecule has 15 heteroatoms. The van der Waals surface area contributed by atoms with Crippen LogP contribution in [0.2, 0.25) is 10.0 Å². The van der Waals surface area contributed by atoms with Crippen molar-refractivity contribution in [2.75, 3.05) is 11.4 Å². The van der Waals surface area contributed by atoms with Gasteiger partial charge in [-0.1, -0.05) is 53.5 Å². The number of hydrogen-bond donors (Lipinski definition) is 1. The van der Waals surface area contributed by atoms with E-state index in [1.807, 2.05) is 0 Å². The highest BCUT2D eigenvalue weighted by Crippen LogP contribution is 2.51. The molecule has 0 aliphatic rings. The van der Waals surface area contributed by atoms with Gasteiger partial charge >= 0.3 is 24.2 Å². The maximum atomic E-state index is 14.2. The zero-order valence-electron chi connectivity index (χ0n) is 19.7. The summed E-state index contributed by atoms with van der Waals surface area (Å²) in [4.78, 5) is 0.851. The van der Waals surface area contributed by atoms with Crippen molar-refractivity contribution >= 4 is 28.9 Å². The van der Waals surface area contributed by atoms with Gasteiger partial charge in [0.2, 0.25) is 0 Å². The summed E-state index contributed by atoms with van der Waals surface area (Å²) >= 11 is 12.0. The van der Waals surface area contributed by atoms with Crippen LogP contribution in [0.1, 0.15) is 11.1 Å². The van der Waals surface area contributed by atoms with Gasteiger partial charge in [-0.05, 0) is 35.9 Å². The Balaban J connectivity index is 1.98. The third-order valence-electron chi connectivity index (χ3n) is 5.51. The Kier molecular flexibility index (Phi) is 9.12. The lowest BCUT2D eigenvalue weighted by atomic mass is 9.99. The van der Waals surface area contributed by atoms with Crippen LogP contribution in [0.5, 0.6) is 11.5 Å². The Morgan fingerprint density at radius 3 is 2.05 bits per heavy atom. The molecular formula is C25H17Cl2F10NO2. The lowest BCUT2D eigenvalue weighted by molar-refractivity contribution is -0.359. The minimum Gasteiger partial charge on any atom is -0.456 e. The molecule has 1 atom stereocenters. The highest BCUT2D eigenvalue weighted by molar-refractivity contribution is 6.42. The van der Waals surface area contributed by atoms with Crippen LogP contribution in [0, 0.1) is 0 Å². The van der Waals surface area contributed by atoms with Crippen LogP contribution >= 0.6 is 23.2 Å². The first-order valence-corrected chi connectivity index (χ1v) is 11.7. The molecule has 3 aromatic rings. The maximum Gasteiger partial charge on any atom is 0.460 e. The number of ether oxygens (including phenoxy) is 1. The Morgan fingerprint density at radius 1 is 0.800 bits per heavy atom. The fraction of sp³-hybridized carbons (Fsp3) is 0.280. The Bertz CT molecular complexity index is 1330. The van der Waals surface area contributed by atoms with Gasteiger partial charge in [-0.2, -0.15) is 43.9 Å². The minimum atomic E-state index is -6.58. The minimum absolute atomic E-state index is 0.0207. The molecule has 3 aromatic carbocycles. The molecule has 0 heterocycles. The predicted octanol–water partition coefficient (Wildman–Crippen LogP) is 9.00. The molecule has 0 spiro atoms. The first-order chi connectivity index (χ1) is 18.3. The SMILES string of the molecule is OC(CN(Cc1cccc(C(F)(F)C(F)(F)C(F)(F)F)c1)c1cccc(Oc2cccc(Cl)c2Cl)c1)C(F)(F)F. The van der Waals surface area contributed by atoms with Crippen molar-refractivity contribution < 1.29 is 53.7 Å². The smallest absolute Gasteiger partial charge is 0.456 e. The lowest BCUT2D eigenvalue weighted by Crippen LogP contribution is -2.50. The van der Waals surface area contributed by atoms with E-state index in [4.69, 9.17) is 27.9 Å². The quantitative estimate of drug-likeness (QED) is 0.241. The second-order valence-corrected chi connectivity index (χ2v) is 9.22. The van der Waals surface area contributed by atoms with Gasteiger partial charge in [0.15, 0.2) is 6.10 Å². The second kappa shape index (κ2) is 11.5. The largest absolute Gasteiger partial charge is 0.460 e. The lowest BCUT2D eigenvalue weighted by Gasteiger charge is -2.30. The van der Waals surface area contributed by atoms with E-state index in [1.54, 1.807) is 0 Å². The molecule has 0 saturated carbocycles. The van der Waals surface area contributed by atoms with Gasteiger partial charge in [0.25, 0.3) is 0 Å². The van der Waals surface area contributed by atoms with E-state index in [1.165, 1.54) is 42.5 Å². The fourth-order valence-corrected chi connectivity index (χ4v) is 3.78. The Labute approximate surface area is 230 Å². The number of anilines is 1. The van der Waals surface area contributed by atoms with Gasteiger partial charge < -0.3 is 14.7 Å². The summed E-state index contributed by atoms with van der Waals surface area (Å²) in [5.41, 5.74) is -2.12. The zero-order valence-corrected chi connectivity index (χ0v) is 21.2. The summed E-state index contributed by atoms with van der Waals surface area (Å²) in [6, 6.07) is 12.1. The predicted molar refractivity (Wildman–Crippen MR) is 127 cm³/mol. The van der Waals surface area contributed by atoms with Crippen molar-refractivity contribution in [1.29, 1.82) is 0 Å². The van der Waals surface area contributed by atoms with Crippen molar-refractivity contribution in [3.8, 4) is 11.5 Å². The topological polar surface area (TPSA) is 32.7 Å². The number of aliphatic hydroxyl groups is 1. The molecule has 0 radical (unpaired) electrons. The number of alkyl halides is 10. The molecule has 3 nitrogen and oxygen atoms in total. The van der Waals surface area contributed by atoms with Crippen molar-refractivity contribution in [2.24, 2.45) is 0 Å². The molecule has 0 saturated heterocycles. The Morgan fingerprint density at radius 2 is 1.43 bits per heavy atom. The molecule has 0 aliphatic heterocycles. The van der Waals surface area contributed by atoms with E-state index >= 15 is 0 Å².